The van der Waals surface area contributed by atoms with Crippen molar-refractivity contribution < 1.29 is 9.47 Å². The molecule has 1 atom stereocenters. The average Bonchev–Trinajstić information content (AvgIpc) is 2.49. The lowest BCUT2D eigenvalue weighted by Crippen LogP contribution is -2.22. The van der Waals surface area contributed by atoms with Crippen molar-refractivity contribution in [3.05, 3.63) is 18.2 Å². The SMILES string of the molecule is CCCOc1cc(NCCC2CCCCO2)ccc1N. The number of ether oxygens (including phenoxy) is 2. The molecule has 1 aromatic carbocycles. The predicted molar refractivity (Wildman–Crippen MR) is 83.3 cm³/mol. The zero-order valence-electron chi connectivity index (χ0n) is 12.4. The van der Waals surface area contributed by atoms with Gasteiger partial charge in [-0.05, 0) is 44.2 Å². The largest absolute Gasteiger partial charge is 0.491 e. The smallest absolute Gasteiger partial charge is 0.144 e. The second-order valence-electron chi connectivity index (χ2n) is 5.31. The highest BCUT2D eigenvalue weighted by Crippen LogP contribution is 2.26. The molecule has 0 saturated carbocycles. The Balaban J connectivity index is 1.79. The number of nitrogens with two attached hydrogens (primary N) is 1. The third-order valence-electron chi connectivity index (χ3n) is 3.54. The first-order chi connectivity index (χ1) is 9.79. The van der Waals surface area contributed by atoms with E-state index in [0.29, 0.717) is 18.4 Å². The first kappa shape index (κ1) is 15.0. The summed E-state index contributed by atoms with van der Waals surface area (Å²) in [5.41, 5.74) is 7.65. The molecule has 0 bridgehead atoms. The number of benzene rings is 1. The van der Waals surface area contributed by atoms with E-state index in [1.54, 1.807) is 0 Å². The Morgan fingerprint density at radius 2 is 2.30 bits per heavy atom. The van der Waals surface area contributed by atoms with Gasteiger partial charge in [0.15, 0.2) is 0 Å². The van der Waals surface area contributed by atoms with Crippen molar-refractivity contribution in [1.82, 2.24) is 0 Å². The lowest BCUT2D eigenvalue weighted by atomic mass is 10.1. The Morgan fingerprint density at radius 3 is 3.05 bits per heavy atom. The molecule has 1 aliphatic rings. The van der Waals surface area contributed by atoms with Crippen LogP contribution in [0.1, 0.15) is 39.0 Å². The van der Waals surface area contributed by atoms with Gasteiger partial charge in [0, 0.05) is 24.9 Å². The molecule has 20 heavy (non-hydrogen) atoms. The number of hydrogen-bond donors (Lipinski definition) is 2. The highest BCUT2D eigenvalue weighted by Gasteiger charge is 2.13. The van der Waals surface area contributed by atoms with Crippen LogP contribution in [0.5, 0.6) is 5.75 Å². The molecule has 4 heteroatoms. The van der Waals surface area contributed by atoms with Crippen LogP contribution in [0, 0.1) is 0 Å². The van der Waals surface area contributed by atoms with E-state index in [-0.39, 0.29) is 0 Å². The Morgan fingerprint density at radius 1 is 1.40 bits per heavy atom. The average molecular weight is 278 g/mol. The normalized spacial score (nSPS) is 18.8. The molecular weight excluding hydrogens is 252 g/mol. The van der Waals surface area contributed by atoms with Crippen LogP contribution in [0.25, 0.3) is 0 Å². The summed E-state index contributed by atoms with van der Waals surface area (Å²) in [4.78, 5) is 0. The number of nitrogens with one attached hydrogen (secondary N) is 1. The number of anilines is 2. The van der Waals surface area contributed by atoms with Gasteiger partial charge in [0.05, 0.1) is 18.4 Å². The van der Waals surface area contributed by atoms with Crippen LogP contribution in [0.15, 0.2) is 18.2 Å². The molecule has 1 aromatic rings. The molecule has 1 saturated heterocycles. The minimum absolute atomic E-state index is 0.417. The van der Waals surface area contributed by atoms with Crippen LogP contribution in [0.4, 0.5) is 11.4 Å². The zero-order valence-corrected chi connectivity index (χ0v) is 12.4. The van der Waals surface area contributed by atoms with Crippen molar-refractivity contribution in [2.45, 2.75) is 45.1 Å². The van der Waals surface area contributed by atoms with Gasteiger partial charge in [-0.2, -0.15) is 0 Å². The van der Waals surface area contributed by atoms with Gasteiger partial charge >= 0.3 is 0 Å². The molecule has 2 rings (SSSR count). The monoisotopic (exact) mass is 278 g/mol. The van der Waals surface area contributed by atoms with Gasteiger partial charge in [0.1, 0.15) is 5.75 Å². The van der Waals surface area contributed by atoms with E-state index in [4.69, 9.17) is 15.2 Å². The summed E-state index contributed by atoms with van der Waals surface area (Å²) in [5, 5.41) is 3.42. The van der Waals surface area contributed by atoms with Crippen LogP contribution in [-0.2, 0) is 4.74 Å². The fraction of sp³-hybridized carbons (Fsp3) is 0.625. The van der Waals surface area contributed by atoms with Crippen molar-refractivity contribution in [1.29, 1.82) is 0 Å². The van der Waals surface area contributed by atoms with E-state index < -0.39 is 0 Å². The first-order valence-corrected chi connectivity index (χ1v) is 7.67. The number of nitrogen functional groups attached to an aromatic ring is 1. The van der Waals surface area contributed by atoms with Crippen molar-refractivity contribution in [2.24, 2.45) is 0 Å². The molecule has 0 aromatic heterocycles. The summed E-state index contributed by atoms with van der Waals surface area (Å²) < 4.78 is 11.4. The van der Waals surface area contributed by atoms with Gasteiger partial charge in [-0.25, -0.2) is 0 Å². The van der Waals surface area contributed by atoms with Gasteiger partial charge in [-0.15, -0.1) is 0 Å². The lowest BCUT2D eigenvalue weighted by Gasteiger charge is -2.22. The summed E-state index contributed by atoms with van der Waals surface area (Å²) in [6.45, 7) is 4.62. The summed E-state index contributed by atoms with van der Waals surface area (Å²) in [7, 11) is 0. The van der Waals surface area contributed by atoms with Crippen LogP contribution < -0.4 is 15.8 Å². The van der Waals surface area contributed by atoms with Gasteiger partial charge in [-0.1, -0.05) is 6.92 Å². The highest BCUT2D eigenvalue weighted by molar-refractivity contribution is 5.61. The Bertz CT molecular complexity index is 403. The quantitative estimate of drug-likeness (QED) is 0.750. The van der Waals surface area contributed by atoms with Crippen molar-refractivity contribution in [3.63, 3.8) is 0 Å². The van der Waals surface area contributed by atoms with Crippen molar-refractivity contribution >= 4 is 11.4 Å². The molecule has 0 radical (unpaired) electrons. The number of hydrogen-bond acceptors (Lipinski definition) is 4. The molecule has 1 unspecified atom stereocenters. The molecule has 0 spiro atoms. The topological polar surface area (TPSA) is 56.5 Å². The Kier molecular flexibility index (Phi) is 5.99. The standard InChI is InChI=1S/C16H26N2O2/c1-2-10-20-16-12-13(6-7-15(16)17)18-9-8-14-5-3-4-11-19-14/h6-7,12,14,18H,2-5,8-11,17H2,1H3. The van der Waals surface area contributed by atoms with Crippen LogP contribution in [-0.4, -0.2) is 25.9 Å². The van der Waals surface area contributed by atoms with Gasteiger partial charge in [0.25, 0.3) is 0 Å². The minimum atomic E-state index is 0.417. The third kappa shape index (κ3) is 4.60. The summed E-state index contributed by atoms with van der Waals surface area (Å²) in [6.07, 6.45) is 6.14. The third-order valence-corrected chi connectivity index (χ3v) is 3.54. The van der Waals surface area contributed by atoms with Crippen molar-refractivity contribution in [3.8, 4) is 5.75 Å². The summed E-state index contributed by atoms with van der Waals surface area (Å²) >= 11 is 0. The van der Waals surface area contributed by atoms with Crippen LogP contribution in [0.2, 0.25) is 0 Å². The second kappa shape index (κ2) is 8.00. The van der Waals surface area contributed by atoms with E-state index >= 15 is 0 Å². The summed E-state index contributed by atoms with van der Waals surface area (Å²) in [6, 6.07) is 5.87. The predicted octanol–water partition coefficient (Wildman–Crippen LogP) is 3.43. The molecule has 0 amide bonds. The van der Waals surface area contributed by atoms with Crippen LogP contribution in [0.3, 0.4) is 0 Å². The first-order valence-electron chi connectivity index (χ1n) is 7.67. The zero-order chi connectivity index (χ0) is 14.2. The maximum absolute atomic E-state index is 5.90. The molecule has 4 nitrogen and oxygen atoms in total. The maximum atomic E-state index is 5.90. The summed E-state index contributed by atoms with van der Waals surface area (Å²) in [5.74, 6) is 0.769. The lowest BCUT2D eigenvalue weighted by molar-refractivity contribution is 0.0134. The van der Waals surface area contributed by atoms with Crippen LogP contribution >= 0.6 is 0 Å². The Hall–Kier alpha value is -1.42. The van der Waals surface area contributed by atoms with E-state index in [1.807, 2.05) is 18.2 Å². The fourth-order valence-corrected chi connectivity index (χ4v) is 2.39. The molecule has 3 N–H and O–H groups in total. The van der Waals surface area contributed by atoms with Gasteiger partial charge < -0.3 is 20.5 Å². The van der Waals surface area contributed by atoms with E-state index in [1.165, 1.54) is 19.3 Å². The van der Waals surface area contributed by atoms with Gasteiger partial charge in [0.2, 0.25) is 0 Å². The molecule has 1 fully saturated rings. The second-order valence-corrected chi connectivity index (χ2v) is 5.31. The molecule has 1 aliphatic heterocycles. The van der Waals surface area contributed by atoms with Crippen molar-refractivity contribution in [2.75, 3.05) is 30.8 Å². The Labute approximate surface area is 121 Å². The van der Waals surface area contributed by atoms with Gasteiger partial charge in [-0.3, -0.25) is 0 Å². The molecule has 1 heterocycles. The fourth-order valence-electron chi connectivity index (χ4n) is 2.39. The minimum Gasteiger partial charge on any atom is -0.491 e. The van der Waals surface area contributed by atoms with E-state index in [2.05, 4.69) is 12.2 Å². The molecular formula is C16H26N2O2. The molecule has 0 aliphatic carbocycles. The molecule has 112 valence electrons. The highest BCUT2D eigenvalue weighted by atomic mass is 16.5. The van der Waals surface area contributed by atoms with E-state index in [0.717, 1.165) is 37.4 Å². The number of rotatable bonds is 7. The van der Waals surface area contributed by atoms with E-state index in [9.17, 15) is 0 Å². The maximum Gasteiger partial charge on any atom is 0.144 e.